The maximum absolute atomic E-state index is 10.9. The van der Waals surface area contributed by atoms with E-state index < -0.39 is 5.91 Å². The van der Waals surface area contributed by atoms with Crippen molar-refractivity contribution < 1.29 is 4.79 Å². The van der Waals surface area contributed by atoms with E-state index in [1.54, 1.807) is 12.1 Å². The lowest BCUT2D eigenvalue weighted by Crippen LogP contribution is -2.13. The summed E-state index contributed by atoms with van der Waals surface area (Å²) in [5, 5.41) is 9.44. The quantitative estimate of drug-likeness (QED) is 0.656. The van der Waals surface area contributed by atoms with E-state index in [1.165, 1.54) is 11.8 Å². The highest BCUT2D eigenvalue weighted by molar-refractivity contribution is 7.99. The molecule has 0 aliphatic heterocycles. The van der Waals surface area contributed by atoms with E-state index in [1.807, 2.05) is 22.8 Å². The number of nitrogens with two attached hydrogens (primary N) is 1. The molecule has 0 spiro atoms. The molecule has 7 heteroatoms. The molecule has 0 saturated heterocycles. The average Bonchev–Trinajstić information content (AvgIpc) is 2.80. The van der Waals surface area contributed by atoms with Gasteiger partial charge in [0, 0.05) is 12.1 Å². The Morgan fingerprint density at radius 1 is 1.45 bits per heavy atom. The number of hydrogen-bond acceptors (Lipinski definition) is 4. The molecule has 1 amide bonds. The summed E-state index contributed by atoms with van der Waals surface area (Å²) in [6.07, 6.45) is 1.73. The highest BCUT2D eigenvalue weighted by Crippen LogP contribution is 2.29. The van der Waals surface area contributed by atoms with Crippen LogP contribution >= 0.6 is 23.4 Å². The van der Waals surface area contributed by atoms with Gasteiger partial charge in [-0.15, -0.1) is 16.8 Å². The van der Waals surface area contributed by atoms with Crippen molar-refractivity contribution in [2.24, 2.45) is 5.73 Å². The summed E-state index contributed by atoms with van der Waals surface area (Å²) in [6.45, 7) is 4.24. The summed E-state index contributed by atoms with van der Waals surface area (Å²) >= 11 is 7.42. The van der Waals surface area contributed by atoms with Crippen molar-refractivity contribution in [1.82, 2.24) is 14.8 Å². The molecule has 0 fully saturated rings. The molecule has 0 aliphatic carbocycles. The largest absolute Gasteiger partial charge is 0.369 e. The number of allylic oxidation sites excluding steroid dienone is 1. The number of carbonyl (C=O) groups is 1. The van der Waals surface area contributed by atoms with Crippen molar-refractivity contribution in [1.29, 1.82) is 0 Å². The van der Waals surface area contributed by atoms with Crippen molar-refractivity contribution in [3.05, 3.63) is 41.9 Å². The lowest BCUT2D eigenvalue weighted by molar-refractivity contribution is -0.115. The average molecular weight is 309 g/mol. The molecule has 0 aliphatic rings. The Bertz CT molecular complexity index is 641. The Morgan fingerprint density at radius 3 is 2.85 bits per heavy atom. The fraction of sp³-hybridized carbons (Fsp3) is 0.154. The smallest absolute Gasteiger partial charge is 0.227 e. The molecule has 1 aromatic heterocycles. The van der Waals surface area contributed by atoms with Crippen LogP contribution in [0.15, 0.2) is 42.1 Å². The monoisotopic (exact) mass is 308 g/mol. The predicted octanol–water partition coefficient (Wildman–Crippen LogP) is 2.36. The van der Waals surface area contributed by atoms with Gasteiger partial charge in [-0.2, -0.15) is 0 Å². The number of benzene rings is 1. The number of primary amides is 1. The zero-order valence-electron chi connectivity index (χ0n) is 10.6. The van der Waals surface area contributed by atoms with Crippen molar-refractivity contribution >= 4 is 29.3 Å². The number of amides is 1. The minimum absolute atomic E-state index is 0.151. The maximum atomic E-state index is 10.9. The Morgan fingerprint density at radius 2 is 2.20 bits per heavy atom. The topological polar surface area (TPSA) is 73.8 Å². The first-order valence-corrected chi connectivity index (χ1v) is 7.20. The SMILES string of the molecule is C=CCn1c(SCC(N)=O)nnc1-c1ccccc1Cl. The molecule has 0 radical (unpaired) electrons. The van der Waals surface area contributed by atoms with Crippen LogP contribution in [0.25, 0.3) is 11.4 Å². The minimum atomic E-state index is -0.401. The highest BCUT2D eigenvalue weighted by atomic mass is 35.5. The van der Waals surface area contributed by atoms with Gasteiger partial charge in [0.25, 0.3) is 0 Å². The summed E-state index contributed by atoms with van der Waals surface area (Å²) in [5.41, 5.74) is 5.93. The molecule has 5 nitrogen and oxygen atoms in total. The molecule has 2 rings (SSSR count). The molecule has 0 bridgehead atoms. The molecule has 1 heterocycles. The fourth-order valence-electron chi connectivity index (χ4n) is 1.67. The molecule has 2 aromatic rings. The second-order valence-electron chi connectivity index (χ2n) is 3.94. The summed E-state index contributed by atoms with van der Waals surface area (Å²) in [5.74, 6) is 0.391. The van der Waals surface area contributed by atoms with E-state index >= 15 is 0 Å². The van der Waals surface area contributed by atoms with E-state index in [4.69, 9.17) is 17.3 Å². The second-order valence-corrected chi connectivity index (χ2v) is 5.29. The van der Waals surface area contributed by atoms with E-state index in [-0.39, 0.29) is 5.75 Å². The Kier molecular flexibility index (Phi) is 4.81. The highest BCUT2D eigenvalue weighted by Gasteiger charge is 2.15. The third kappa shape index (κ3) is 3.20. The number of rotatable bonds is 6. The first kappa shape index (κ1) is 14.6. The maximum Gasteiger partial charge on any atom is 0.227 e. The summed E-state index contributed by atoms with van der Waals surface area (Å²) < 4.78 is 1.85. The summed E-state index contributed by atoms with van der Waals surface area (Å²) in [4.78, 5) is 10.9. The van der Waals surface area contributed by atoms with Crippen LogP contribution in [-0.4, -0.2) is 26.4 Å². The van der Waals surface area contributed by atoms with Gasteiger partial charge >= 0.3 is 0 Å². The van der Waals surface area contributed by atoms with E-state index in [0.717, 1.165) is 5.56 Å². The molecule has 1 aromatic carbocycles. The van der Waals surface area contributed by atoms with Gasteiger partial charge in [-0.1, -0.05) is 41.6 Å². The van der Waals surface area contributed by atoms with Crippen LogP contribution in [0.1, 0.15) is 0 Å². The van der Waals surface area contributed by atoms with Gasteiger partial charge < -0.3 is 5.73 Å². The fourth-order valence-corrected chi connectivity index (χ4v) is 2.57. The molecule has 104 valence electrons. The Hall–Kier alpha value is -1.79. The first-order valence-electron chi connectivity index (χ1n) is 5.83. The lowest BCUT2D eigenvalue weighted by Gasteiger charge is -2.08. The van der Waals surface area contributed by atoms with Crippen molar-refractivity contribution in [3.63, 3.8) is 0 Å². The van der Waals surface area contributed by atoms with Gasteiger partial charge in [-0.05, 0) is 12.1 Å². The number of aromatic nitrogens is 3. The second kappa shape index (κ2) is 6.58. The normalized spacial score (nSPS) is 10.4. The molecular weight excluding hydrogens is 296 g/mol. The van der Waals surface area contributed by atoms with Crippen LogP contribution in [-0.2, 0) is 11.3 Å². The van der Waals surface area contributed by atoms with Gasteiger partial charge in [0.05, 0.1) is 10.8 Å². The number of carbonyl (C=O) groups excluding carboxylic acids is 1. The van der Waals surface area contributed by atoms with Gasteiger partial charge in [0.1, 0.15) is 0 Å². The minimum Gasteiger partial charge on any atom is -0.369 e. The first-order chi connectivity index (χ1) is 9.63. The lowest BCUT2D eigenvalue weighted by atomic mass is 10.2. The number of thioether (sulfide) groups is 1. The third-order valence-electron chi connectivity index (χ3n) is 2.49. The number of halogens is 1. The van der Waals surface area contributed by atoms with Crippen LogP contribution in [0, 0.1) is 0 Å². The molecule has 0 atom stereocenters. The van der Waals surface area contributed by atoms with E-state index in [9.17, 15) is 4.79 Å². The van der Waals surface area contributed by atoms with Crippen LogP contribution in [0.3, 0.4) is 0 Å². The van der Waals surface area contributed by atoms with Crippen LogP contribution in [0.2, 0.25) is 5.02 Å². The molecule has 0 saturated carbocycles. The Balaban J connectivity index is 2.41. The van der Waals surface area contributed by atoms with Crippen LogP contribution in [0.4, 0.5) is 0 Å². The van der Waals surface area contributed by atoms with Crippen LogP contribution < -0.4 is 5.73 Å². The summed E-state index contributed by atoms with van der Waals surface area (Å²) in [7, 11) is 0. The third-order valence-corrected chi connectivity index (χ3v) is 3.81. The molecule has 20 heavy (non-hydrogen) atoms. The van der Waals surface area contributed by atoms with Gasteiger partial charge in [-0.3, -0.25) is 9.36 Å². The molecule has 0 unspecified atom stereocenters. The Labute approximate surface area is 125 Å². The molecule has 2 N–H and O–H groups in total. The standard InChI is InChI=1S/C13H13ClN4OS/c1-2-7-18-12(9-5-3-4-6-10(9)14)16-17-13(18)20-8-11(15)19/h2-6H,1,7-8H2,(H2,15,19). The summed E-state index contributed by atoms with van der Waals surface area (Å²) in [6, 6.07) is 7.39. The zero-order valence-corrected chi connectivity index (χ0v) is 12.2. The van der Waals surface area contributed by atoms with E-state index in [0.29, 0.717) is 22.5 Å². The van der Waals surface area contributed by atoms with Gasteiger partial charge in [0.15, 0.2) is 11.0 Å². The van der Waals surface area contributed by atoms with Crippen molar-refractivity contribution in [2.75, 3.05) is 5.75 Å². The van der Waals surface area contributed by atoms with Crippen LogP contribution in [0.5, 0.6) is 0 Å². The zero-order chi connectivity index (χ0) is 14.5. The predicted molar refractivity (Wildman–Crippen MR) is 80.6 cm³/mol. The number of hydrogen-bond donors (Lipinski definition) is 1. The number of nitrogens with zero attached hydrogens (tertiary/aromatic N) is 3. The van der Waals surface area contributed by atoms with Gasteiger partial charge in [-0.25, -0.2) is 0 Å². The van der Waals surface area contributed by atoms with Crippen molar-refractivity contribution in [3.8, 4) is 11.4 Å². The van der Waals surface area contributed by atoms with E-state index in [2.05, 4.69) is 16.8 Å². The van der Waals surface area contributed by atoms with Gasteiger partial charge in [0.2, 0.25) is 5.91 Å². The van der Waals surface area contributed by atoms with Crippen molar-refractivity contribution in [2.45, 2.75) is 11.7 Å². The molecular formula is C13H13ClN4OS.